The standard InChI is InChI=1S/C13H21N3O2S/c1-14-7-2-6-12(17)15-8-4-9-16-13(18)11-5-3-10-19-11/h3,5,10,14H,2,4,6-9H2,1H3,(H,15,17)(H,16,18). The van der Waals surface area contributed by atoms with Crippen molar-refractivity contribution < 1.29 is 9.59 Å². The number of hydrogen-bond donors (Lipinski definition) is 3. The van der Waals surface area contributed by atoms with Gasteiger partial charge < -0.3 is 16.0 Å². The van der Waals surface area contributed by atoms with Crippen LogP contribution in [0, 0.1) is 0 Å². The fraction of sp³-hybridized carbons (Fsp3) is 0.538. The van der Waals surface area contributed by atoms with Crippen LogP contribution in [0.1, 0.15) is 28.9 Å². The van der Waals surface area contributed by atoms with Gasteiger partial charge in [0.1, 0.15) is 0 Å². The van der Waals surface area contributed by atoms with Crippen LogP contribution in [0.2, 0.25) is 0 Å². The lowest BCUT2D eigenvalue weighted by atomic mass is 10.3. The van der Waals surface area contributed by atoms with E-state index in [1.807, 2.05) is 18.5 Å². The normalized spacial score (nSPS) is 10.2. The number of carbonyl (C=O) groups excluding carboxylic acids is 2. The highest BCUT2D eigenvalue weighted by molar-refractivity contribution is 7.12. The predicted molar refractivity (Wildman–Crippen MR) is 77.4 cm³/mol. The quantitative estimate of drug-likeness (QED) is 0.592. The maximum atomic E-state index is 11.6. The molecule has 0 spiro atoms. The van der Waals surface area contributed by atoms with Gasteiger partial charge in [0.05, 0.1) is 4.88 Å². The molecular formula is C13H21N3O2S. The Labute approximate surface area is 117 Å². The van der Waals surface area contributed by atoms with Gasteiger partial charge in [-0.1, -0.05) is 6.07 Å². The molecule has 1 aromatic rings. The molecule has 0 fully saturated rings. The molecule has 106 valence electrons. The third kappa shape index (κ3) is 6.93. The van der Waals surface area contributed by atoms with E-state index in [1.165, 1.54) is 11.3 Å². The lowest BCUT2D eigenvalue weighted by Gasteiger charge is -2.06. The zero-order valence-corrected chi connectivity index (χ0v) is 12.0. The van der Waals surface area contributed by atoms with E-state index in [4.69, 9.17) is 0 Å². The Hall–Kier alpha value is -1.40. The Morgan fingerprint density at radius 1 is 1.16 bits per heavy atom. The fourth-order valence-corrected chi connectivity index (χ4v) is 2.17. The van der Waals surface area contributed by atoms with Gasteiger partial charge in [0.15, 0.2) is 0 Å². The molecule has 0 atom stereocenters. The molecule has 0 radical (unpaired) electrons. The van der Waals surface area contributed by atoms with Gasteiger partial charge in [0.2, 0.25) is 5.91 Å². The van der Waals surface area contributed by atoms with Crippen LogP contribution >= 0.6 is 11.3 Å². The molecule has 0 aliphatic carbocycles. The molecule has 0 aliphatic rings. The van der Waals surface area contributed by atoms with Crippen molar-refractivity contribution in [3.8, 4) is 0 Å². The van der Waals surface area contributed by atoms with E-state index in [-0.39, 0.29) is 11.8 Å². The van der Waals surface area contributed by atoms with Gasteiger partial charge in [0, 0.05) is 19.5 Å². The number of amides is 2. The lowest BCUT2D eigenvalue weighted by molar-refractivity contribution is -0.121. The molecule has 0 unspecified atom stereocenters. The van der Waals surface area contributed by atoms with Gasteiger partial charge in [-0.05, 0) is 37.9 Å². The van der Waals surface area contributed by atoms with Gasteiger partial charge in [-0.15, -0.1) is 11.3 Å². The summed E-state index contributed by atoms with van der Waals surface area (Å²) >= 11 is 1.42. The van der Waals surface area contributed by atoms with Crippen LogP contribution in [-0.4, -0.2) is 38.5 Å². The number of rotatable bonds is 9. The molecule has 1 heterocycles. The Balaban J connectivity index is 1.99. The van der Waals surface area contributed by atoms with E-state index >= 15 is 0 Å². The van der Waals surface area contributed by atoms with Gasteiger partial charge in [-0.2, -0.15) is 0 Å². The van der Waals surface area contributed by atoms with Crippen molar-refractivity contribution in [3.63, 3.8) is 0 Å². The summed E-state index contributed by atoms with van der Waals surface area (Å²) in [5.41, 5.74) is 0. The first kappa shape index (κ1) is 15.7. The third-order valence-corrected chi connectivity index (χ3v) is 3.41. The largest absolute Gasteiger partial charge is 0.356 e. The van der Waals surface area contributed by atoms with Gasteiger partial charge in [0.25, 0.3) is 5.91 Å². The number of nitrogens with one attached hydrogen (secondary N) is 3. The summed E-state index contributed by atoms with van der Waals surface area (Å²) in [6.07, 6.45) is 2.13. The summed E-state index contributed by atoms with van der Waals surface area (Å²) in [6.45, 7) is 2.03. The minimum atomic E-state index is -0.0460. The van der Waals surface area contributed by atoms with Gasteiger partial charge in [-0.25, -0.2) is 0 Å². The highest BCUT2D eigenvalue weighted by Gasteiger charge is 2.05. The minimum absolute atomic E-state index is 0.0460. The summed E-state index contributed by atoms with van der Waals surface area (Å²) in [5, 5.41) is 10.5. The van der Waals surface area contributed by atoms with E-state index in [2.05, 4.69) is 16.0 Å². The zero-order valence-electron chi connectivity index (χ0n) is 11.2. The summed E-state index contributed by atoms with van der Waals surface area (Å²) in [6, 6.07) is 3.65. The topological polar surface area (TPSA) is 70.2 Å². The average Bonchev–Trinajstić information content (AvgIpc) is 2.92. The fourth-order valence-electron chi connectivity index (χ4n) is 1.53. The van der Waals surface area contributed by atoms with Gasteiger partial charge in [-0.3, -0.25) is 9.59 Å². The molecule has 2 amide bonds. The van der Waals surface area contributed by atoms with Crippen LogP contribution in [0.25, 0.3) is 0 Å². The second-order valence-electron chi connectivity index (χ2n) is 4.14. The first-order valence-corrected chi connectivity index (χ1v) is 7.35. The maximum absolute atomic E-state index is 11.6. The molecular weight excluding hydrogens is 262 g/mol. The number of hydrogen-bond acceptors (Lipinski definition) is 4. The van der Waals surface area contributed by atoms with Crippen LogP contribution in [0.3, 0.4) is 0 Å². The number of carbonyl (C=O) groups is 2. The molecule has 0 aliphatic heterocycles. The molecule has 1 rings (SSSR count). The molecule has 0 saturated carbocycles. The molecule has 1 aromatic heterocycles. The Morgan fingerprint density at radius 3 is 2.63 bits per heavy atom. The summed E-state index contributed by atoms with van der Waals surface area (Å²) in [5.74, 6) is 0.0233. The van der Waals surface area contributed by atoms with Crippen LogP contribution < -0.4 is 16.0 Å². The SMILES string of the molecule is CNCCCC(=O)NCCCNC(=O)c1cccs1. The molecule has 6 heteroatoms. The third-order valence-electron chi connectivity index (χ3n) is 2.54. The van der Waals surface area contributed by atoms with Crippen LogP contribution in [-0.2, 0) is 4.79 Å². The second kappa shape index (κ2) is 9.52. The lowest BCUT2D eigenvalue weighted by Crippen LogP contribution is -2.29. The first-order valence-electron chi connectivity index (χ1n) is 6.47. The molecule has 0 bridgehead atoms. The monoisotopic (exact) mass is 283 g/mol. The van der Waals surface area contributed by atoms with Gasteiger partial charge >= 0.3 is 0 Å². The highest BCUT2D eigenvalue weighted by Crippen LogP contribution is 2.07. The van der Waals surface area contributed by atoms with Crippen molar-refractivity contribution in [2.75, 3.05) is 26.7 Å². The van der Waals surface area contributed by atoms with Crippen LogP contribution in [0.4, 0.5) is 0 Å². The first-order chi connectivity index (χ1) is 9.24. The summed E-state index contributed by atoms with van der Waals surface area (Å²) in [7, 11) is 1.87. The smallest absolute Gasteiger partial charge is 0.261 e. The maximum Gasteiger partial charge on any atom is 0.261 e. The van der Waals surface area contributed by atoms with Crippen molar-refractivity contribution in [3.05, 3.63) is 22.4 Å². The summed E-state index contributed by atoms with van der Waals surface area (Å²) < 4.78 is 0. The average molecular weight is 283 g/mol. The Kier molecular flexibility index (Phi) is 7.84. The predicted octanol–water partition coefficient (Wildman–Crippen LogP) is 0.984. The summed E-state index contributed by atoms with van der Waals surface area (Å²) in [4.78, 5) is 23.7. The van der Waals surface area contributed by atoms with E-state index in [1.54, 1.807) is 6.07 Å². The van der Waals surface area contributed by atoms with Crippen molar-refractivity contribution >= 4 is 23.2 Å². The van der Waals surface area contributed by atoms with Crippen molar-refractivity contribution in [2.24, 2.45) is 0 Å². The molecule has 0 aromatic carbocycles. The number of thiophene rings is 1. The Bertz CT molecular complexity index is 379. The minimum Gasteiger partial charge on any atom is -0.356 e. The second-order valence-corrected chi connectivity index (χ2v) is 5.09. The Morgan fingerprint density at radius 2 is 1.95 bits per heavy atom. The van der Waals surface area contributed by atoms with E-state index in [0.717, 1.165) is 24.3 Å². The van der Waals surface area contributed by atoms with Crippen molar-refractivity contribution in [2.45, 2.75) is 19.3 Å². The van der Waals surface area contributed by atoms with E-state index in [0.29, 0.717) is 19.5 Å². The molecule has 5 nitrogen and oxygen atoms in total. The molecule has 0 saturated heterocycles. The van der Waals surface area contributed by atoms with Crippen molar-refractivity contribution in [1.82, 2.24) is 16.0 Å². The van der Waals surface area contributed by atoms with E-state index in [9.17, 15) is 9.59 Å². The van der Waals surface area contributed by atoms with Crippen molar-refractivity contribution in [1.29, 1.82) is 0 Å². The molecule has 19 heavy (non-hydrogen) atoms. The molecule has 3 N–H and O–H groups in total. The highest BCUT2D eigenvalue weighted by atomic mass is 32.1. The van der Waals surface area contributed by atoms with Crippen LogP contribution in [0.5, 0.6) is 0 Å². The zero-order chi connectivity index (χ0) is 13.9. The van der Waals surface area contributed by atoms with Crippen LogP contribution in [0.15, 0.2) is 17.5 Å². The van der Waals surface area contributed by atoms with E-state index < -0.39 is 0 Å².